The van der Waals surface area contributed by atoms with E-state index in [1.165, 1.54) is 7.11 Å². The van der Waals surface area contributed by atoms with Gasteiger partial charge in [-0.25, -0.2) is 4.98 Å². The summed E-state index contributed by atoms with van der Waals surface area (Å²) >= 11 is 1.78. The van der Waals surface area contributed by atoms with Crippen LogP contribution in [0.3, 0.4) is 0 Å². The first kappa shape index (κ1) is 13.5. The summed E-state index contributed by atoms with van der Waals surface area (Å²) in [6.07, 6.45) is 2.76. The third kappa shape index (κ3) is 2.98. The summed E-state index contributed by atoms with van der Waals surface area (Å²) < 4.78 is 10.4. The first-order valence-electron chi connectivity index (χ1n) is 6.70. The third-order valence-corrected chi connectivity index (χ3v) is 4.94. The van der Waals surface area contributed by atoms with Gasteiger partial charge in [0, 0.05) is 0 Å². The summed E-state index contributed by atoms with van der Waals surface area (Å²) in [4.78, 5) is 15.8. The zero-order valence-corrected chi connectivity index (χ0v) is 12.2. The molecule has 0 bridgehead atoms. The van der Waals surface area contributed by atoms with Crippen molar-refractivity contribution in [3.8, 4) is 0 Å². The van der Waals surface area contributed by atoms with Gasteiger partial charge in [-0.15, -0.1) is 0 Å². The number of oxazole rings is 1. The second kappa shape index (κ2) is 5.48. The molecule has 5 heteroatoms. The van der Waals surface area contributed by atoms with E-state index in [2.05, 4.69) is 4.98 Å². The van der Waals surface area contributed by atoms with E-state index < -0.39 is 0 Å². The molecular weight excluding hydrogens is 274 g/mol. The molecule has 20 heavy (non-hydrogen) atoms. The number of fused-ring (bicyclic) bond motifs is 1. The number of nitrogens with zero attached hydrogens (tertiary/aromatic N) is 1. The number of benzene rings is 1. The highest BCUT2D eigenvalue weighted by Crippen LogP contribution is 2.51. The quantitative estimate of drug-likeness (QED) is 0.763. The lowest BCUT2D eigenvalue weighted by molar-refractivity contribution is -0.141. The minimum absolute atomic E-state index is 0.107. The summed E-state index contributed by atoms with van der Waals surface area (Å²) in [6.45, 7) is 0. The molecule has 1 aromatic heterocycles. The normalized spacial score (nSPS) is 16.2. The lowest BCUT2D eigenvalue weighted by Crippen LogP contribution is -2.13. The van der Waals surface area contributed by atoms with Gasteiger partial charge in [0.1, 0.15) is 5.52 Å². The average molecular weight is 291 g/mol. The molecule has 0 radical (unpaired) electrons. The van der Waals surface area contributed by atoms with Gasteiger partial charge in [0.25, 0.3) is 0 Å². The van der Waals surface area contributed by atoms with Gasteiger partial charge >= 0.3 is 5.97 Å². The Balaban J connectivity index is 1.53. The number of para-hydroxylation sites is 2. The van der Waals surface area contributed by atoms with E-state index in [0.29, 0.717) is 6.42 Å². The van der Waals surface area contributed by atoms with Crippen LogP contribution in [0.5, 0.6) is 0 Å². The highest BCUT2D eigenvalue weighted by Gasteiger charge is 2.44. The molecule has 0 saturated heterocycles. The topological polar surface area (TPSA) is 52.3 Å². The van der Waals surface area contributed by atoms with Crippen LogP contribution >= 0.6 is 11.8 Å². The second-order valence-electron chi connectivity index (χ2n) is 5.32. The van der Waals surface area contributed by atoms with Gasteiger partial charge in [-0.3, -0.25) is 4.79 Å². The van der Waals surface area contributed by atoms with Crippen molar-refractivity contribution < 1.29 is 13.9 Å². The summed E-state index contributed by atoms with van der Waals surface area (Å²) in [6, 6.07) is 7.78. The maximum absolute atomic E-state index is 11.4. The van der Waals surface area contributed by atoms with Gasteiger partial charge in [0.05, 0.1) is 19.3 Å². The molecule has 1 aromatic carbocycles. The molecule has 0 N–H and O–H groups in total. The van der Waals surface area contributed by atoms with Crippen molar-refractivity contribution in [2.24, 2.45) is 5.41 Å². The van der Waals surface area contributed by atoms with Crippen LogP contribution in [0.2, 0.25) is 0 Å². The number of ether oxygens (including phenoxy) is 1. The first-order valence-corrected chi connectivity index (χ1v) is 7.85. The molecule has 1 aliphatic rings. The van der Waals surface area contributed by atoms with E-state index >= 15 is 0 Å². The zero-order chi connectivity index (χ0) is 14.0. The highest BCUT2D eigenvalue weighted by molar-refractivity contribution is 7.98. The fourth-order valence-corrected chi connectivity index (χ4v) is 3.49. The Morgan fingerprint density at radius 3 is 2.95 bits per heavy atom. The number of carbonyl (C=O) groups is 1. The van der Waals surface area contributed by atoms with Crippen molar-refractivity contribution in [2.75, 3.05) is 12.9 Å². The maximum atomic E-state index is 11.4. The van der Waals surface area contributed by atoms with Crippen LogP contribution in [0.1, 0.15) is 25.2 Å². The van der Waals surface area contributed by atoms with Crippen molar-refractivity contribution in [2.45, 2.75) is 25.0 Å². The van der Waals surface area contributed by atoms with Crippen molar-refractivity contribution in [3.05, 3.63) is 30.2 Å². The molecule has 0 amide bonds. The molecule has 0 aliphatic heterocycles. The predicted molar refractivity (Wildman–Crippen MR) is 78.5 cm³/mol. The van der Waals surface area contributed by atoms with Crippen LogP contribution in [0.25, 0.3) is 11.1 Å². The largest absolute Gasteiger partial charge is 0.469 e. The monoisotopic (exact) mass is 291 g/mol. The van der Waals surface area contributed by atoms with Gasteiger partial charge in [-0.05, 0) is 36.1 Å². The van der Waals surface area contributed by atoms with Gasteiger partial charge in [-0.2, -0.15) is 11.8 Å². The number of aromatic nitrogens is 1. The van der Waals surface area contributed by atoms with Gasteiger partial charge in [-0.1, -0.05) is 12.1 Å². The molecule has 0 unspecified atom stereocenters. The molecule has 4 nitrogen and oxygen atoms in total. The number of methoxy groups -OCH3 is 1. The van der Waals surface area contributed by atoms with E-state index in [1.807, 2.05) is 24.3 Å². The van der Waals surface area contributed by atoms with E-state index in [0.717, 1.165) is 41.3 Å². The molecule has 1 aliphatic carbocycles. The predicted octanol–water partition coefficient (Wildman–Crippen LogP) is 3.40. The molecule has 1 heterocycles. The van der Waals surface area contributed by atoms with E-state index in [-0.39, 0.29) is 11.4 Å². The van der Waals surface area contributed by atoms with Crippen LogP contribution < -0.4 is 0 Å². The number of esters is 1. The van der Waals surface area contributed by atoms with Crippen molar-refractivity contribution in [1.82, 2.24) is 4.98 Å². The molecule has 2 aromatic rings. The molecule has 3 rings (SSSR count). The van der Waals surface area contributed by atoms with Crippen molar-refractivity contribution >= 4 is 28.8 Å². The van der Waals surface area contributed by atoms with Crippen LogP contribution in [-0.4, -0.2) is 23.8 Å². The molecule has 106 valence electrons. The zero-order valence-electron chi connectivity index (χ0n) is 11.4. The fraction of sp³-hybridized carbons (Fsp3) is 0.467. The maximum Gasteiger partial charge on any atom is 0.306 e. The minimum atomic E-state index is -0.107. The Hall–Kier alpha value is -1.49. The number of thioether (sulfide) groups is 1. The van der Waals surface area contributed by atoms with Gasteiger partial charge in [0.2, 0.25) is 5.89 Å². The van der Waals surface area contributed by atoms with Crippen LogP contribution in [0, 0.1) is 5.41 Å². The summed E-state index contributed by atoms with van der Waals surface area (Å²) in [7, 11) is 1.45. The van der Waals surface area contributed by atoms with E-state index in [1.54, 1.807) is 11.8 Å². The standard InChI is InChI=1S/C15H17NO3S/c1-18-14(17)8-15(6-7-15)10-20-9-13-16-11-4-2-3-5-12(11)19-13/h2-5H,6-10H2,1H3. The van der Waals surface area contributed by atoms with Crippen molar-refractivity contribution in [3.63, 3.8) is 0 Å². The number of carbonyl (C=O) groups excluding carboxylic acids is 1. The summed E-state index contributed by atoms with van der Waals surface area (Å²) in [5.41, 5.74) is 1.89. The van der Waals surface area contributed by atoms with Crippen LogP contribution in [-0.2, 0) is 15.3 Å². The fourth-order valence-electron chi connectivity index (χ4n) is 2.26. The Labute approximate surface area is 121 Å². The molecule has 1 fully saturated rings. The Morgan fingerprint density at radius 2 is 2.25 bits per heavy atom. The number of rotatable bonds is 6. The van der Waals surface area contributed by atoms with Gasteiger partial charge in [0.15, 0.2) is 5.58 Å². The summed E-state index contributed by atoms with van der Waals surface area (Å²) in [5, 5.41) is 0. The first-order chi connectivity index (χ1) is 9.71. The van der Waals surface area contributed by atoms with E-state index in [9.17, 15) is 4.79 Å². The Bertz CT molecular complexity index is 585. The molecular formula is C15H17NO3S. The van der Waals surface area contributed by atoms with E-state index in [4.69, 9.17) is 9.15 Å². The lowest BCUT2D eigenvalue weighted by Gasteiger charge is -2.11. The lowest BCUT2D eigenvalue weighted by atomic mass is 10.1. The highest BCUT2D eigenvalue weighted by atomic mass is 32.2. The molecule has 0 atom stereocenters. The smallest absolute Gasteiger partial charge is 0.306 e. The average Bonchev–Trinajstić information content (AvgIpc) is 3.07. The van der Waals surface area contributed by atoms with Gasteiger partial charge < -0.3 is 9.15 Å². The Morgan fingerprint density at radius 1 is 1.45 bits per heavy atom. The third-order valence-electron chi connectivity index (χ3n) is 3.68. The van der Waals surface area contributed by atoms with Crippen molar-refractivity contribution in [1.29, 1.82) is 0 Å². The summed E-state index contributed by atoms with van der Waals surface area (Å²) in [5.74, 6) is 2.35. The second-order valence-corrected chi connectivity index (χ2v) is 6.31. The molecule has 1 saturated carbocycles. The SMILES string of the molecule is COC(=O)CC1(CSCc2nc3ccccc3o2)CC1. The molecule has 0 spiro atoms. The van der Waals surface area contributed by atoms with Crippen LogP contribution in [0.4, 0.5) is 0 Å². The van der Waals surface area contributed by atoms with Crippen LogP contribution in [0.15, 0.2) is 28.7 Å². The number of hydrogen-bond donors (Lipinski definition) is 0. The minimum Gasteiger partial charge on any atom is -0.469 e. The number of hydrogen-bond acceptors (Lipinski definition) is 5. The Kier molecular flexibility index (Phi) is 3.70.